The van der Waals surface area contributed by atoms with Crippen molar-refractivity contribution in [2.75, 3.05) is 7.05 Å². The number of nitrogens with one attached hydrogen (secondary N) is 2. The van der Waals surface area contributed by atoms with Crippen molar-refractivity contribution in [1.29, 1.82) is 0 Å². The highest BCUT2D eigenvalue weighted by Gasteiger charge is 2.17. The van der Waals surface area contributed by atoms with Crippen molar-refractivity contribution < 1.29 is 9.59 Å². The second kappa shape index (κ2) is 6.36. The molecule has 0 aliphatic heterocycles. The first kappa shape index (κ1) is 15.0. The number of hydrogen-bond donors (Lipinski definition) is 3. The van der Waals surface area contributed by atoms with E-state index in [-0.39, 0.29) is 24.4 Å². The molecule has 0 spiro atoms. The molecule has 0 aliphatic rings. The van der Waals surface area contributed by atoms with E-state index < -0.39 is 6.04 Å². The standard InChI is InChI=1S/C14H18N4O3/c1-16-13(20)5-3-10(8-19)18-12-4-2-9(7-15)6-11(12)17-14(18)21/h2,4,6,8,10H,3,5,7,15H2,1H3,(H,16,20)(H,17,21). The third-order valence-electron chi connectivity index (χ3n) is 3.45. The molecule has 21 heavy (non-hydrogen) atoms. The number of fused-ring (bicyclic) bond motifs is 1. The smallest absolute Gasteiger partial charge is 0.327 e. The van der Waals surface area contributed by atoms with Crippen molar-refractivity contribution in [2.45, 2.75) is 25.4 Å². The number of imidazole rings is 1. The van der Waals surface area contributed by atoms with Gasteiger partial charge in [-0.05, 0) is 24.1 Å². The van der Waals surface area contributed by atoms with E-state index in [1.54, 1.807) is 12.1 Å². The summed E-state index contributed by atoms with van der Waals surface area (Å²) in [7, 11) is 1.53. The van der Waals surface area contributed by atoms with Crippen LogP contribution in [0.25, 0.3) is 11.0 Å². The average molecular weight is 290 g/mol. The Labute approximate surface area is 121 Å². The number of H-pyrrole nitrogens is 1. The highest BCUT2D eigenvalue weighted by molar-refractivity contribution is 5.78. The fraction of sp³-hybridized carbons (Fsp3) is 0.357. The first-order chi connectivity index (χ1) is 10.1. The highest BCUT2D eigenvalue weighted by Crippen LogP contribution is 2.18. The van der Waals surface area contributed by atoms with Gasteiger partial charge in [0.2, 0.25) is 5.91 Å². The highest BCUT2D eigenvalue weighted by atomic mass is 16.2. The lowest BCUT2D eigenvalue weighted by Crippen LogP contribution is -2.25. The van der Waals surface area contributed by atoms with Gasteiger partial charge >= 0.3 is 5.69 Å². The first-order valence-electron chi connectivity index (χ1n) is 6.69. The molecule has 1 amide bonds. The number of hydrogen-bond acceptors (Lipinski definition) is 4. The minimum atomic E-state index is -0.674. The molecular formula is C14H18N4O3. The van der Waals surface area contributed by atoms with Crippen LogP contribution in [0, 0.1) is 0 Å². The Bertz CT molecular complexity index is 717. The maximum Gasteiger partial charge on any atom is 0.327 e. The number of rotatable bonds is 6. The van der Waals surface area contributed by atoms with Crippen molar-refractivity contribution in [2.24, 2.45) is 5.73 Å². The molecule has 1 atom stereocenters. The second-order valence-corrected chi connectivity index (χ2v) is 4.77. The summed E-state index contributed by atoms with van der Waals surface area (Å²) in [5, 5.41) is 2.49. The lowest BCUT2D eigenvalue weighted by Gasteiger charge is -2.12. The van der Waals surface area contributed by atoms with Crippen molar-refractivity contribution >= 4 is 23.2 Å². The van der Waals surface area contributed by atoms with Crippen molar-refractivity contribution in [3.8, 4) is 0 Å². The summed E-state index contributed by atoms with van der Waals surface area (Å²) in [4.78, 5) is 37.4. The molecule has 4 N–H and O–H groups in total. The quantitative estimate of drug-likeness (QED) is 0.653. The lowest BCUT2D eigenvalue weighted by atomic mass is 10.1. The molecule has 7 nitrogen and oxygen atoms in total. The molecule has 0 bridgehead atoms. The van der Waals surface area contributed by atoms with Gasteiger partial charge in [-0.25, -0.2) is 4.79 Å². The van der Waals surface area contributed by atoms with E-state index in [1.165, 1.54) is 11.6 Å². The Morgan fingerprint density at radius 3 is 2.90 bits per heavy atom. The van der Waals surface area contributed by atoms with E-state index in [0.717, 1.165) is 5.56 Å². The SMILES string of the molecule is CNC(=O)CCC(C=O)n1c(=O)[nH]c2cc(CN)ccc21. The minimum Gasteiger partial charge on any atom is -0.359 e. The molecule has 0 radical (unpaired) electrons. The summed E-state index contributed by atoms with van der Waals surface area (Å²) in [5.74, 6) is -0.167. The van der Waals surface area contributed by atoms with Gasteiger partial charge in [0.1, 0.15) is 6.29 Å². The molecular weight excluding hydrogens is 272 g/mol. The zero-order valence-electron chi connectivity index (χ0n) is 11.8. The molecule has 0 aliphatic carbocycles. The second-order valence-electron chi connectivity index (χ2n) is 4.77. The largest absolute Gasteiger partial charge is 0.359 e. The van der Waals surface area contributed by atoms with Gasteiger partial charge in [-0.1, -0.05) is 6.07 Å². The summed E-state index contributed by atoms with van der Waals surface area (Å²) >= 11 is 0. The molecule has 7 heteroatoms. The fourth-order valence-corrected chi connectivity index (χ4v) is 2.30. The van der Waals surface area contributed by atoms with Gasteiger partial charge < -0.3 is 20.8 Å². The van der Waals surface area contributed by atoms with E-state index in [2.05, 4.69) is 10.3 Å². The molecule has 0 saturated heterocycles. The van der Waals surface area contributed by atoms with Crippen molar-refractivity contribution in [3.05, 3.63) is 34.2 Å². The number of aldehydes is 1. The van der Waals surface area contributed by atoms with E-state index in [9.17, 15) is 14.4 Å². The van der Waals surface area contributed by atoms with Crippen LogP contribution in [0.15, 0.2) is 23.0 Å². The number of nitrogens with zero attached hydrogens (tertiary/aromatic N) is 1. The minimum absolute atomic E-state index is 0.167. The average Bonchev–Trinajstić information content (AvgIpc) is 2.83. The number of amides is 1. The van der Waals surface area contributed by atoms with Gasteiger partial charge in [-0.3, -0.25) is 9.36 Å². The topological polar surface area (TPSA) is 110 Å². The van der Waals surface area contributed by atoms with Gasteiger partial charge in [0.25, 0.3) is 0 Å². The molecule has 1 aromatic heterocycles. The van der Waals surface area contributed by atoms with E-state index in [0.29, 0.717) is 23.9 Å². The predicted molar refractivity (Wildman–Crippen MR) is 78.9 cm³/mol. The zero-order valence-corrected chi connectivity index (χ0v) is 11.8. The predicted octanol–water partition coefficient (Wildman–Crippen LogP) is 0.0545. The summed E-state index contributed by atoms with van der Waals surface area (Å²) in [6, 6.07) is 4.68. The summed E-state index contributed by atoms with van der Waals surface area (Å²) in [6.45, 7) is 0.372. The van der Waals surface area contributed by atoms with Gasteiger partial charge in [0, 0.05) is 20.0 Å². The van der Waals surface area contributed by atoms with Crippen LogP contribution in [-0.4, -0.2) is 28.8 Å². The number of nitrogens with two attached hydrogens (primary N) is 1. The maximum absolute atomic E-state index is 12.1. The number of carbonyl (C=O) groups is 2. The Balaban J connectivity index is 2.39. The van der Waals surface area contributed by atoms with Gasteiger partial charge in [0.05, 0.1) is 17.1 Å². The Morgan fingerprint density at radius 2 is 2.29 bits per heavy atom. The number of carbonyl (C=O) groups excluding carboxylic acids is 2. The molecule has 0 fully saturated rings. The van der Waals surface area contributed by atoms with Crippen LogP contribution in [-0.2, 0) is 16.1 Å². The van der Waals surface area contributed by atoms with Crippen LogP contribution in [0.5, 0.6) is 0 Å². The monoisotopic (exact) mass is 290 g/mol. The van der Waals surface area contributed by atoms with Crippen LogP contribution < -0.4 is 16.7 Å². The summed E-state index contributed by atoms with van der Waals surface area (Å²) in [6.07, 6.45) is 1.14. The normalized spacial score (nSPS) is 12.3. The van der Waals surface area contributed by atoms with Gasteiger partial charge in [-0.2, -0.15) is 0 Å². The van der Waals surface area contributed by atoms with Crippen LogP contribution in [0.1, 0.15) is 24.4 Å². The fourth-order valence-electron chi connectivity index (χ4n) is 2.30. The lowest BCUT2D eigenvalue weighted by molar-refractivity contribution is -0.121. The molecule has 0 saturated carbocycles. The van der Waals surface area contributed by atoms with E-state index >= 15 is 0 Å². The third kappa shape index (κ3) is 3.03. The van der Waals surface area contributed by atoms with Gasteiger partial charge in [-0.15, -0.1) is 0 Å². The molecule has 112 valence electrons. The van der Waals surface area contributed by atoms with Gasteiger partial charge in [0.15, 0.2) is 0 Å². The summed E-state index contributed by atoms with van der Waals surface area (Å²) < 4.78 is 1.38. The van der Waals surface area contributed by atoms with Crippen molar-refractivity contribution in [3.63, 3.8) is 0 Å². The van der Waals surface area contributed by atoms with E-state index in [4.69, 9.17) is 5.73 Å². The molecule has 2 rings (SSSR count). The Hall–Kier alpha value is -2.41. The van der Waals surface area contributed by atoms with E-state index in [1.807, 2.05) is 6.07 Å². The Morgan fingerprint density at radius 1 is 1.52 bits per heavy atom. The zero-order chi connectivity index (χ0) is 15.4. The summed E-state index contributed by atoms with van der Waals surface area (Å²) in [5.41, 5.74) is 7.36. The van der Waals surface area contributed by atoms with Crippen LogP contribution in [0.3, 0.4) is 0 Å². The number of aromatic amines is 1. The molecule has 2 aromatic rings. The van der Waals surface area contributed by atoms with Crippen LogP contribution in [0.4, 0.5) is 0 Å². The molecule has 1 unspecified atom stereocenters. The Kier molecular flexibility index (Phi) is 4.54. The number of benzene rings is 1. The maximum atomic E-state index is 12.1. The third-order valence-corrected chi connectivity index (χ3v) is 3.45. The molecule has 1 heterocycles. The van der Waals surface area contributed by atoms with Crippen LogP contribution in [0.2, 0.25) is 0 Å². The molecule has 1 aromatic carbocycles. The van der Waals surface area contributed by atoms with Crippen molar-refractivity contribution in [1.82, 2.24) is 14.9 Å². The van der Waals surface area contributed by atoms with Crippen LogP contribution >= 0.6 is 0 Å². The first-order valence-corrected chi connectivity index (χ1v) is 6.69. The number of aromatic nitrogens is 2.